The minimum Gasteiger partial charge on any atom is -0.497 e. The van der Waals surface area contributed by atoms with E-state index in [4.69, 9.17) is 14.2 Å². The Hall–Kier alpha value is -2.08. The Labute approximate surface area is 129 Å². The molecule has 2 rings (SSSR count). The predicted octanol–water partition coefficient (Wildman–Crippen LogP) is 0.932. The molecule has 1 saturated heterocycles. The fraction of sp³-hybridized carbons (Fsp3) is 0.500. The van der Waals surface area contributed by atoms with Crippen molar-refractivity contribution in [1.29, 1.82) is 0 Å². The molecule has 0 radical (unpaired) electrons. The average molecular weight is 307 g/mol. The molecule has 6 nitrogen and oxygen atoms in total. The lowest BCUT2D eigenvalue weighted by Crippen LogP contribution is -2.45. The SMILES string of the molecule is COC(=O)[C@H](Cc1cccc(OC)c1)NC(=O)[C@H]1CCOC1. The monoisotopic (exact) mass is 307 g/mol. The second kappa shape index (κ2) is 7.79. The number of hydrogen-bond donors (Lipinski definition) is 1. The van der Waals surface area contributed by atoms with Crippen LogP contribution in [0.4, 0.5) is 0 Å². The molecule has 22 heavy (non-hydrogen) atoms. The maximum absolute atomic E-state index is 12.2. The Morgan fingerprint density at radius 1 is 1.41 bits per heavy atom. The summed E-state index contributed by atoms with van der Waals surface area (Å²) < 4.78 is 15.2. The van der Waals surface area contributed by atoms with Crippen LogP contribution >= 0.6 is 0 Å². The molecule has 1 amide bonds. The van der Waals surface area contributed by atoms with Gasteiger partial charge in [-0.1, -0.05) is 12.1 Å². The largest absolute Gasteiger partial charge is 0.497 e. The molecule has 0 bridgehead atoms. The van der Waals surface area contributed by atoms with Crippen molar-refractivity contribution in [2.24, 2.45) is 5.92 Å². The van der Waals surface area contributed by atoms with Crippen molar-refractivity contribution in [2.75, 3.05) is 27.4 Å². The maximum Gasteiger partial charge on any atom is 0.328 e. The van der Waals surface area contributed by atoms with E-state index in [0.717, 1.165) is 5.56 Å². The number of ether oxygens (including phenoxy) is 3. The molecule has 1 aliphatic rings. The number of methoxy groups -OCH3 is 2. The van der Waals surface area contributed by atoms with Gasteiger partial charge in [-0.3, -0.25) is 4.79 Å². The first-order chi connectivity index (χ1) is 10.6. The molecule has 0 unspecified atom stereocenters. The topological polar surface area (TPSA) is 73.9 Å². The van der Waals surface area contributed by atoms with Gasteiger partial charge in [0.1, 0.15) is 11.8 Å². The van der Waals surface area contributed by atoms with Gasteiger partial charge in [-0.2, -0.15) is 0 Å². The molecule has 1 fully saturated rings. The summed E-state index contributed by atoms with van der Waals surface area (Å²) >= 11 is 0. The van der Waals surface area contributed by atoms with E-state index in [1.165, 1.54) is 7.11 Å². The molecule has 0 aromatic heterocycles. The van der Waals surface area contributed by atoms with Gasteiger partial charge in [0.25, 0.3) is 0 Å². The lowest BCUT2D eigenvalue weighted by Gasteiger charge is -2.18. The minimum absolute atomic E-state index is 0.171. The summed E-state index contributed by atoms with van der Waals surface area (Å²) in [5.41, 5.74) is 0.887. The molecule has 1 heterocycles. The summed E-state index contributed by atoms with van der Waals surface area (Å²) in [4.78, 5) is 24.1. The first-order valence-corrected chi connectivity index (χ1v) is 7.23. The third kappa shape index (κ3) is 4.21. The number of carbonyl (C=O) groups is 2. The van der Waals surface area contributed by atoms with Crippen LogP contribution in [0.15, 0.2) is 24.3 Å². The van der Waals surface area contributed by atoms with Crippen LogP contribution in [0.1, 0.15) is 12.0 Å². The number of carbonyl (C=O) groups excluding carboxylic acids is 2. The molecule has 2 atom stereocenters. The van der Waals surface area contributed by atoms with Crippen molar-refractivity contribution < 1.29 is 23.8 Å². The number of rotatable bonds is 6. The molecular formula is C16H21NO5. The van der Waals surface area contributed by atoms with Gasteiger partial charge in [0.15, 0.2) is 0 Å². The summed E-state index contributed by atoms with van der Waals surface area (Å²) in [6.07, 6.45) is 1.03. The first-order valence-electron chi connectivity index (χ1n) is 7.23. The Morgan fingerprint density at radius 2 is 2.23 bits per heavy atom. The highest BCUT2D eigenvalue weighted by atomic mass is 16.5. The zero-order chi connectivity index (χ0) is 15.9. The van der Waals surface area contributed by atoms with Crippen LogP contribution in [0.3, 0.4) is 0 Å². The third-order valence-electron chi connectivity index (χ3n) is 3.68. The van der Waals surface area contributed by atoms with Gasteiger partial charge in [0, 0.05) is 13.0 Å². The summed E-state index contributed by atoms with van der Waals surface area (Å²) in [5, 5.41) is 2.76. The molecule has 0 saturated carbocycles. The lowest BCUT2D eigenvalue weighted by atomic mass is 10.0. The molecule has 1 aliphatic heterocycles. The molecule has 0 aliphatic carbocycles. The van der Waals surface area contributed by atoms with Crippen LogP contribution in [0.25, 0.3) is 0 Å². The predicted molar refractivity (Wildman–Crippen MR) is 79.6 cm³/mol. The number of amides is 1. The van der Waals surface area contributed by atoms with E-state index in [0.29, 0.717) is 31.8 Å². The number of benzene rings is 1. The van der Waals surface area contributed by atoms with E-state index in [1.807, 2.05) is 24.3 Å². The molecular weight excluding hydrogens is 286 g/mol. The van der Waals surface area contributed by atoms with Gasteiger partial charge in [-0.05, 0) is 24.1 Å². The average Bonchev–Trinajstić information content (AvgIpc) is 3.08. The van der Waals surface area contributed by atoms with Gasteiger partial charge >= 0.3 is 5.97 Å². The quantitative estimate of drug-likeness (QED) is 0.792. The highest BCUT2D eigenvalue weighted by Gasteiger charge is 2.28. The van der Waals surface area contributed by atoms with E-state index in [1.54, 1.807) is 7.11 Å². The van der Waals surface area contributed by atoms with E-state index < -0.39 is 12.0 Å². The van der Waals surface area contributed by atoms with Crippen LogP contribution < -0.4 is 10.1 Å². The van der Waals surface area contributed by atoms with E-state index in [-0.39, 0.29) is 11.8 Å². The Kier molecular flexibility index (Phi) is 5.77. The number of hydrogen-bond acceptors (Lipinski definition) is 5. The summed E-state index contributed by atoms with van der Waals surface area (Å²) in [6, 6.07) is 6.66. The van der Waals surface area contributed by atoms with Crippen LogP contribution in [-0.2, 0) is 25.5 Å². The second-order valence-electron chi connectivity index (χ2n) is 5.20. The van der Waals surface area contributed by atoms with Gasteiger partial charge in [-0.25, -0.2) is 4.79 Å². The van der Waals surface area contributed by atoms with Crippen molar-refractivity contribution in [2.45, 2.75) is 18.9 Å². The molecule has 120 valence electrons. The van der Waals surface area contributed by atoms with Crippen LogP contribution in [0.2, 0.25) is 0 Å². The summed E-state index contributed by atoms with van der Waals surface area (Å²) in [7, 11) is 2.89. The Morgan fingerprint density at radius 3 is 2.86 bits per heavy atom. The third-order valence-corrected chi connectivity index (χ3v) is 3.68. The van der Waals surface area contributed by atoms with Crippen molar-refractivity contribution in [3.8, 4) is 5.75 Å². The molecule has 6 heteroatoms. The second-order valence-corrected chi connectivity index (χ2v) is 5.20. The van der Waals surface area contributed by atoms with Gasteiger partial charge in [-0.15, -0.1) is 0 Å². The van der Waals surface area contributed by atoms with Gasteiger partial charge in [0.05, 0.1) is 26.7 Å². The van der Waals surface area contributed by atoms with E-state index in [9.17, 15) is 9.59 Å². The van der Waals surface area contributed by atoms with E-state index in [2.05, 4.69) is 5.32 Å². The highest BCUT2D eigenvalue weighted by molar-refractivity contribution is 5.86. The van der Waals surface area contributed by atoms with Crippen LogP contribution in [0.5, 0.6) is 5.75 Å². The van der Waals surface area contributed by atoms with Crippen LogP contribution in [0, 0.1) is 5.92 Å². The minimum atomic E-state index is -0.717. The van der Waals surface area contributed by atoms with Crippen molar-refractivity contribution >= 4 is 11.9 Å². The van der Waals surface area contributed by atoms with Gasteiger partial charge in [0.2, 0.25) is 5.91 Å². The van der Waals surface area contributed by atoms with Crippen molar-refractivity contribution in [3.63, 3.8) is 0 Å². The smallest absolute Gasteiger partial charge is 0.328 e. The zero-order valence-corrected chi connectivity index (χ0v) is 12.8. The summed E-state index contributed by atoms with van der Waals surface area (Å²) in [6.45, 7) is 0.982. The highest BCUT2D eigenvalue weighted by Crippen LogP contribution is 2.16. The van der Waals surface area contributed by atoms with Crippen LogP contribution in [-0.4, -0.2) is 45.4 Å². The van der Waals surface area contributed by atoms with E-state index >= 15 is 0 Å². The standard InChI is InChI=1S/C16H21NO5/c1-20-13-5-3-4-11(8-13)9-14(16(19)21-2)17-15(18)12-6-7-22-10-12/h3-5,8,12,14H,6-7,9-10H2,1-2H3,(H,17,18)/t12-,14-/m0/s1. The first kappa shape index (κ1) is 16.3. The molecule has 1 N–H and O–H groups in total. The normalized spacial score (nSPS) is 18.5. The zero-order valence-electron chi connectivity index (χ0n) is 12.8. The molecule has 1 aromatic carbocycles. The fourth-order valence-electron chi connectivity index (χ4n) is 2.40. The summed E-state index contributed by atoms with van der Waals surface area (Å²) in [5.74, 6) is -0.125. The number of nitrogens with one attached hydrogen (secondary N) is 1. The Balaban J connectivity index is 2.05. The molecule has 0 spiro atoms. The van der Waals surface area contributed by atoms with Crippen molar-refractivity contribution in [3.05, 3.63) is 29.8 Å². The molecule has 1 aromatic rings. The Bertz CT molecular complexity index is 525. The van der Waals surface area contributed by atoms with Crippen molar-refractivity contribution in [1.82, 2.24) is 5.32 Å². The van der Waals surface area contributed by atoms with Gasteiger partial charge < -0.3 is 19.5 Å². The number of esters is 1. The fourth-order valence-corrected chi connectivity index (χ4v) is 2.40. The maximum atomic E-state index is 12.2. The lowest BCUT2D eigenvalue weighted by molar-refractivity contribution is -0.145.